The molecule has 0 aromatic heterocycles. The highest BCUT2D eigenvalue weighted by Gasteiger charge is 2.51. The number of carboxylic acid groups (broad SMARTS) is 1. The maximum Gasteiger partial charge on any atom is 0.324 e. The second-order valence-corrected chi connectivity index (χ2v) is 5.01. The first-order valence-corrected chi connectivity index (χ1v) is 5.94. The van der Waals surface area contributed by atoms with Gasteiger partial charge in [0.1, 0.15) is 5.54 Å². The lowest BCUT2D eigenvalue weighted by Gasteiger charge is -2.41. The largest absolute Gasteiger partial charge is 0.480 e. The van der Waals surface area contributed by atoms with E-state index in [-0.39, 0.29) is 0 Å². The van der Waals surface area contributed by atoms with Crippen LogP contribution < -0.4 is 0 Å². The molecule has 1 unspecified atom stereocenters. The molecule has 1 rings (SSSR count). The van der Waals surface area contributed by atoms with Crippen molar-refractivity contribution in [2.45, 2.75) is 58.5 Å². The summed E-state index contributed by atoms with van der Waals surface area (Å²) in [5.74, 6) is -0.309. The number of carbonyl (C=O) groups is 1. The van der Waals surface area contributed by atoms with Crippen molar-refractivity contribution in [2.24, 2.45) is 5.92 Å². The van der Waals surface area contributed by atoms with Crippen LogP contribution >= 0.6 is 0 Å². The molecule has 0 aromatic rings. The third-order valence-electron chi connectivity index (χ3n) is 3.49. The Labute approximate surface area is 92.5 Å². The van der Waals surface area contributed by atoms with E-state index in [0.29, 0.717) is 12.0 Å². The van der Waals surface area contributed by atoms with Crippen molar-refractivity contribution in [1.82, 2.24) is 4.90 Å². The van der Waals surface area contributed by atoms with Gasteiger partial charge in [0.2, 0.25) is 0 Å². The minimum absolute atomic E-state index is 0.298. The van der Waals surface area contributed by atoms with Gasteiger partial charge in [-0.3, -0.25) is 9.69 Å². The summed E-state index contributed by atoms with van der Waals surface area (Å²) in [6.07, 6.45) is 3.14. The van der Waals surface area contributed by atoms with Crippen LogP contribution in [0.25, 0.3) is 0 Å². The summed E-state index contributed by atoms with van der Waals surface area (Å²) in [5, 5.41) is 9.45. The highest BCUT2D eigenvalue weighted by Crippen LogP contribution is 2.44. The zero-order valence-electron chi connectivity index (χ0n) is 10.3. The molecular weight excluding hydrogens is 190 g/mol. The van der Waals surface area contributed by atoms with E-state index in [1.165, 1.54) is 0 Å². The quantitative estimate of drug-likeness (QED) is 0.736. The Balaban J connectivity index is 2.88. The van der Waals surface area contributed by atoms with Crippen LogP contribution in [0, 0.1) is 5.92 Å². The molecule has 0 aromatic carbocycles. The van der Waals surface area contributed by atoms with Gasteiger partial charge in [-0.1, -0.05) is 6.92 Å². The van der Waals surface area contributed by atoms with E-state index >= 15 is 0 Å². The highest BCUT2D eigenvalue weighted by atomic mass is 16.4. The summed E-state index contributed by atoms with van der Waals surface area (Å²) in [4.78, 5) is 13.6. The predicted octanol–water partition coefficient (Wildman–Crippen LogP) is 2.36. The van der Waals surface area contributed by atoms with E-state index in [1.807, 2.05) is 6.92 Å². The van der Waals surface area contributed by atoms with Gasteiger partial charge >= 0.3 is 5.97 Å². The second kappa shape index (κ2) is 4.52. The summed E-state index contributed by atoms with van der Waals surface area (Å²) in [6, 6.07) is 0.298. The minimum Gasteiger partial charge on any atom is -0.480 e. The molecule has 0 spiro atoms. The first-order valence-electron chi connectivity index (χ1n) is 5.94. The van der Waals surface area contributed by atoms with Crippen LogP contribution in [0.3, 0.4) is 0 Å². The lowest BCUT2D eigenvalue weighted by atomic mass is 9.91. The molecule has 3 heteroatoms. The molecule has 1 fully saturated rings. The fourth-order valence-corrected chi connectivity index (χ4v) is 2.45. The molecule has 3 nitrogen and oxygen atoms in total. The van der Waals surface area contributed by atoms with Crippen molar-refractivity contribution in [1.29, 1.82) is 0 Å². The van der Waals surface area contributed by atoms with E-state index in [4.69, 9.17) is 0 Å². The molecule has 1 atom stereocenters. The normalized spacial score (nSPS) is 20.7. The summed E-state index contributed by atoms with van der Waals surface area (Å²) in [5.41, 5.74) is -0.649. The molecule has 1 aliphatic carbocycles. The Kier molecular flexibility index (Phi) is 3.77. The van der Waals surface area contributed by atoms with Crippen molar-refractivity contribution in [3.63, 3.8) is 0 Å². The number of hydrogen-bond donors (Lipinski definition) is 1. The predicted molar refractivity (Wildman–Crippen MR) is 60.9 cm³/mol. The topological polar surface area (TPSA) is 40.5 Å². The fraction of sp³-hybridized carbons (Fsp3) is 0.917. The van der Waals surface area contributed by atoms with Gasteiger partial charge in [-0.05, 0) is 52.5 Å². The molecule has 0 saturated heterocycles. The Bertz CT molecular complexity index is 236. The van der Waals surface area contributed by atoms with E-state index < -0.39 is 11.5 Å². The van der Waals surface area contributed by atoms with E-state index in [2.05, 4.69) is 25.7 Å². The molecule has 0 heterocycles. The maximum atomic E-state index is 11.5. The van der Waals surface area contributed by atoms with Crippen molar-refractivity contribution in [2.75, 3.05) is 6.54 Å². The number of carboxylic acids is 1. The zero-order chi connectivity index (χ0) is 11.6. The molecule has 0 bridgehead atoms. The van der Waals surface area contributed by atoms with Crippen molar-refractivity contribution < 1.29 is 9.90 Å². The van der Waals surface area contributed by atoms with Gasteiger partial charge in [-0.2, -0.15) is 0 Å². The SMILES string of the molecule is CCCN(C(C)C)C(C)(C(=O)O)C1CC1. The van der Waals surface area contributed by atoms with Crippen LogP contribution in [0.15, 0.2) is 0 Å². The van der Waals surface area contributed by atoms with Crippen molar-refractivity contribution in [3.8, 4) is 0 Å². The molecule has 88 valence electrons. The Morgan fingerprint density at radius 1 is 1.53 bits per heavy atom. The third kappa shape index (κ3) is 2.33. The fourth-order valence-electron chi connectivity index (χ4n) is 2.45. The van der Waals surface area contributed by atoms with Crippen LogP contribution in [-0.4, -0.2) is 34.1 Å². The number of aliphatic carboxylic acids is 1. The number of hydrogen-bond acceptors (Lipinski definition) is 2. The minimum atomic E-state index is -0.660. The summed E-state index contributed by atoms with van der Waals surface area (Å²) >= 11 is 0. The molecular formula is C12H23NO2. The van der Waals surface area contributed by atoms with Gasteiger partial charge in [-0.15, -0.1) is 0 Å². The zero-order valence-corrected chi connectivity index (χ0v) is 10.3. The van der Waals surface area contributed by atoms with Gasteiger partial charge < -0.3 is 5.11 Å². The maximum absolute atomic E-state index is 11.5. The molecule has 0 amide bonds. The number of rotatable bonds is 6. The van der Waals surface area contributed by atoms with Crippen LogP contribution in [-0.2, 0) is 4.79 Å². The number of nitrogens with zero attached hydrogens (tertiary/aromatic N) is 1. The lowest BCUT2D eigenvalue weighted by molar-refractivity contribution is -0.153. The van der Waals surface area contributed by atoms with Crippen LogP contribution in [0.2, 0.25) is 0 Å². The Morgan fingerprint density at radius 3 is 2.33 bits per heavy atom. The first-order chi connectivity index (χ1) is 6.94. The summed E-state index contributed by atoms with van der Waals surface area (Å²) in [6.45, 7) is 9.03. The van der Waals surface area contributed by atoms with E-state index in [0.717, 1.165) is 25.8 Å². The monoisotopic (exact) mass is 213 g/mol. The molecule has 1 aliphatic rings. The Hall–Kier alpha value is -0.570. The average molecular weight is 213 g/mol. The smallest absolute Gasteiger partial charge is 0.324 e. The van der Waals surface area contributed by atoms with Crippen LogP contribution in [0.1, 0.15) is 47.0 Å². The van der Waals surface area contributed by atoms with E-state index in [1.54, 1.807) is 0 Å². The standard InChI is InChI=1S/C12H23NO2/c1-5-8-13(9(2)3)12(4,11(14)15)10-6-7-10/h9-10H,5-8H2,1-4H3,(H,14,15). The van der Waals surface area contributed by atoms with Gasteiger partial charge in [0.25, 0.3) is 0 Å². The lowest BCUT2D eigenvalue weighted by Crippen LogP contribution is -2.57. The van der Waals surface area contributed by atoms with E-state index in [9.17, 15) is 9.90 Å². The molecule has 1 N–H and O–H groups in total. The second-order valence-electron chi connectivity index (χ2n) is 5.01. The summed E-state index contributed by atoms with van der Waals surface area (Å²) in [7, 11) is 0. The third-order valence-corrected chi connectivity index (χ3v) is 3.49. The molecule has 0 radical (unpaired) electrons. The van der Waals surface area contributed by atoms with Crippen molar-refractivity contribution in [3.05, 3.63) is 0 Å². The molecule has 1 saturated carbocycles. The Morgan fingerprint density at radius 2 is 2.07 bits per heavy atom. The van der Waals surface area contributed by atoms with Crippen LogP contribution in [0.5, 0.6) is 0 Å². The van der Waals surface area contributed by atoms with Gasteiger partial charge in [0, 0.05) is 6.04 Å². The highest BCUT2D eigenvalue weighted by molar-refractivity contribution is 5.79. The van der Waals surface area contributed by atoms with Gasteiger partial charge in [0.15, 0.2) is 0 Å². The van der Waals surface area contributed by atoms with Crippen molar-refractivity contribution >= 4 is 5.97 Å². The van der Waals surface area contributed by atoms with Gasteiger partial charge in [-0.25, -0.2) is 0 Å². The van der Waals surface area contributed by atoms with Crippen LogP contribution in [0.4, 0.5) is 0 Å². The average Bonchev–Trinajstić information content (AvgIpc) is 2.95. The molecule has 15 heavy (non-hydrogen) atoms. The summed E-state index contributed by atoms with van der Waals surface area (Å²) < 4.78 is 0. The van der Waals surface area contributed by atoms with Gasteiger partial charge in [0.05, 0.1) is 0 Å². The first kappa shape index (κ1) is 12.5. The molecule has 0 aliphatic heterocycles.